The van der Waals surface area contributed by atoms with Crippen LogP contribution in [0.5, 0.6) is 0 Å². The van der Waals surface area contributed by atoms with E-state index in [1.165, 1.54) is 18.3 Å². The molecule has 0 radical (unpaired) electrons. The molecule has 3 rings (SSSR count). The van der Waals surface area contributed by atoms with Crippen molar-refractivity contribution in [3.05, 3.63) is 77.6 Å². The molecular weight excluding hydrogens is 338 g/mol. The SMILES string of the molecule is Cc1nc[nH]c1[C@@H](C)c1ccc(NC(=O)C(F)(F)c2cccnc2)cc1. The van der Waals surface area contributed by atoms with Gasteiger partial charge in [-0.3, -0.25) is 9.78 Å². The molecule has 1 atom stereocenters. The number of alkyl halides is 2. The molecule has 1 amide bonds. The summed E-state index contributed by atoms with van der Waals surface area (Å²) in [5.41, 5.74) is 2.73. The van der Waals surface area contributed by atoms with Crippen molar-refractivity contribution in [2.45, 2.75) is 25.7 Å². The Balaban J connectivity index is 1.73. The van der Waals surface area contributed by atoms with Gasteiger partial charge in [-0.05, 0) is 36.8 Å². The minimum absolute atomic E-state index is 0.0686. The lowest BCUT2D eigenvalue weighted by Crippen LogP contribution is -2.32. The van der Waals surface area contributed by atoms with Gasteiger partial charge in [-0.1, -0.05) is 19.1 Å². The number of rotatable bonds is 5. The van der Waals surface area contributed by atoms with E-state index in [1.54, 1.807) is 30.6 Å². The molecule has 0 saturated carbocycles. The number of carbonyl (C=O) groups is 1. The van der Waals surface area contributed by atoms with E-state index in [4.69, 9.17) is 0 Å². The maximum absolute atomic E-state index is 14.2. The van der Waals surface area contributed by atoms with Gasteiger partial charge in [0, 0.05) is 35.3 Å². The number of aromatic nitrogens is 3. The fourth-order valence-electron chi connectivity index (χ4n) is 2.72. The van der Waals surface area contributed by atoms with Crippen molar-refractivity contribution in [1.82, 2.24) is 15.0 Å². The summed E-state index contributed by atoms with van der Waals surface area (Å²) in [6.07, 6.45) is 3.99. The van der Waals surface area contributed by atoms with Gasteiger partial charge in [-0.15, -0.1) is 0 Å². The first-order valence-corrected chi connectivity index (χ1v) is 8.09. The van der Waals surface area contributed by atoms with Crippen molar-refractivity contribution < 1.29 is 13.6 Å². The standard InChI is InChI=1S/C19H18F2N4O/c1-12(17-13(2)23-11-24-17)14-5-7-16(8-6-14)25-18(26)19(20,21)15-4-3-9-22-10-15/h3-12H,1-2H3,(H,23,24)(H,25,26)/t12-/m0/s1. The Bertz CT molecular complexity index is 891. The van der Waals surface area contributed by atoms with Gasteiger partial charge in [0.25, 0.3) is 5.91 Å². The summed E-state index contributed by atoms with van der Waals surface area (Å²) in [6.45, 7) is 3.93. The van der Waals surface area contributed by atoms with Crippen LogP contribution in [0.2, 0.25) is 0 Å². The molecule has 3 aromatic rings. The quantitative estimate of drug-likeness (QED) is 0.726. The van der Waals surface area contributed by atoms with E-state index >= 15 is 0 Å². The minimum atomic E-state index is -3.66. The average molecular weight is 356 g/mol. The highest BCUT2D eigenvalue weighted by Gasteiger charge is 2.41. The predicted octanol–water partition coefficient (Wildman–Crippen LogP) is 4.00. The first-order chi connectivity index (χ1) is 12.4. The molecule has 0 aliphatic carbocycles. The second kappa shape index (κ2) is 7.03. The van der Waals surface area contributed by atoms with Gasteiger partial charge in [0.05, 0.1) is 12.0 Å². The Kier molecular flexibility index (Phi) is 4.79. The zero-order chi connectivity index (χ0) is 18.7. The number of carbonyl (C=O) groups excluding carboxylic acids is 1. The summed E-state index contributed by atoms with van der Waals surface area (Å²) in [5, 5.41) is 2.26. The molecule has 2 aromatic heterocycles. The minimum Gasteiger partial charge on any atom is -0.348 e. The van der Waals surface area contributed by atoms with Crippen molar-refractivity contribution in [3.8, 4) is 0 Å². The molecule has 0 aliphatic rings. The van der Waals surface area contributed by atoms with Crippen LogP contribution in [0.1, 0.15) is 35.4 Å². The Morgan fingerprint density at radius 2 is 1.96 bits per heavy atom. The van der Waals surface area contributed by atoms with Gasteiger partial charge in [0.15, 0.2) is 0 Å². The van der Waals surface area contributed by atoms with Crippen molar-refractivity contribution >= 4 is 11.6 Å². The molecule has 26 heavy (non-hydrogen) atoms. The molecule has 2 N–H and O–H groups in total. The third-order valence-electron chi connectivity index (χ3n) is 4.28. The topological polar surface area (TPSA) is 70.7 Å². The lowest BCUT2D eigenvalue weighted by molar-refractivity contribution is -0.141. The van der Waals surface area contributed by atoms with Crippen molar-refractivity contribution in [3.63, 3.8) is 0 Å². The van der Waals surface area contributed by atoms with E-state index in [0.717, 1.165) is 23.1 Å². The van der Waals surface area contributed by atoms with Gasteiger partial charge in [-0.25, -0.2) is 4.98 Å². The number of nitrogens with zero attached hydrogens (tertiary/aromatic N) is 2. The van der Waals surface area contributed by atoms with Gasteiger partial charge < -0.3 is 10.3 Å². The third-order valence-corrected chi connectivity index (χ3v) is 4.28. The van der Waals surface area contributed by atoms with Crippen LogP contribution in [0.25, 0.3) is 0 Å². The van der Waals surface area contributed by atoms with E-state index in [0.29, 0.717) is 5.69 Å². The molecule has 0 fully saturated rings. The lowest BCUT2D eigenvalue weighted by Gasteiger charge is -2.17. The van der Waals surface area contributed by atoms with Crippen LogP contribution in [0, 0.1) is 6.92 Å². The Labute approximate surface area is 149 Å². The number of halogens is 2. The Hall–Kier alpha value is -3.09. The van der Waals surface area contributed by atoms with Gasteiger partial charge >= 0.3 is 5.92 Å². The number of aromatic amines is 1. The Morgan fingerprint density at radius 3 is 2.54 bits per heavy atom. The monoisotopic (exact) mass is 356 g/mol. The summed E-state index contributed by atoms with van der Waals surface area (Å²) in [5.74, 6) is -4.98. The van der Waals surface area contributed by atoms with E-state index in [9.17, 15) is 13.6 Å². The lowest BCUT2D eigenvalue weighted by atomic mass is 9.96. The van der Waals surface area contributed by atoms with Crippen LogP contribution in [-0.4, -0.2) is 20.9 Å². The largest absolute Gasteiger partial charge is 0.351 e. The highest BCUT2D eigenvalue weighted by atomic mass is 19.3. The second-order valence-corrected chi connectivity index (χ2v) is 6.02. The molecule has 134 valence electrons. The summed E-state index contributed by atoms with van der Waals surface area (Å²) in [4.78, 5) is 22.9. The fraction of sp³-hybridized carbons (Fsp3) is 0.211. The normalized spacial score (nSPS) is 12.6. The number of amides is 1. The maximum Gasteiger partial charge on any atom is 0.351 e. The van der Waals surface area contributed by atoms with E-state index < -0.39 is 17.4 Å². The number of hydrogen-bond donors (Lipinski definition) is 2. The first-order valence-electron chi connectivity index (χ1n) is 8.09. The predicted molar refractivity (Wildman–Crippen MR) is 94.0 cm³/mol. The number of imidazole rings is 1. The summed E-state index contributed by atoms with van der Waals surface area (Å²) < 4.78 is 28.4. The smallest absolute Gasteiger partial charge is 0.348 e. The molecule has 0 aliphatic heterocycles. The number of pyridine rings is 1. The number of benzene rings is 1. The number of H-pyrrole nitrogens is 1. The number of nitrogens with one attached hydrogen (secondary N) is 2. The summed E-state index contributed by atoms with van der Waals surface area (Å²) in [6, 6.07) is 9.34. The number of aryl methyl sites for hydroxylation is 1. The van der Waals surface area contributed by atoms with Gasteiger partial charge in [-0.2, -0.15) is 8.78 Å². The zero-order valence-electron chi connectivity index (χ0n) is 14.3. The van der Waals surface area contributed by atoms with Crippen LogP contribution in [0.4, 0.5) is 14.5 Å². The third kappa shape index (κ3) is 3.46. The molecular formula is C19H18F2N4O. The van der Waals surface area contributed by atoms with E-state index in [-0.39, 0.29) is 5.92 Å². The second-order valence-electron chi connectivity index (χ2n) is 6.02. The van der Waals surface area contributed by atoms with Crippen LogP contribution in [0.15, 0.2) is 55.1 Å². The van der Waals surface area contributed by atoms with Crippen LogP contribution in [0.3, 0.4) is 0 Å². The molecule has 1 aromatic carbocycles. The van der Waals surface area contributed by atoms with Crippen molar-refractivity contribution in [2.24, 2.45) is 0 Å². The zero-order valence-corrected chi connectivity index (χ0v) is 14.3. The molecule has 2 heterocycles. The summed E-state index contributed by atoms with van der Waals surface area (Å²) in [7, 11) is 0. The van der Waals surface area contributed by atoms with Crippen LogP contribution >= 0.6 is 0 Å². The van der Waals surface area contributed by atoms with Crippen LogP contribution in [-0.2, 0) is 10.7 Å². The molecule has 0 unspecified atom stereocenters. The van der Waals surface area contributed by atoms with Crippen molar-refractivity contribution in [1.29, 1.82) is 0 Å². The molecule has 0 saturated heterocycles. The highest BCUT2D eigenvalue weighted by Crippen LogP contribution is 2.30. The summed E-state index contributed by atoms with van der Waals surface area (Å²) >= 11 is 0. The van der Waals surface area contributed by atoms with Gasteiger partial charge in [0.2, 0.25) is 0 Å². The van der Waals surface area contributed by atoms with E-state index in [1.807, 2.05) is 13.8 Å². The Morgan fingerprint density at radius 1 is 1.23 bits per heavy atom. The van der Waals surface area contributed by atoms with E-state index in [2.05, 4.69) is 20.3 Å². The number of hydrogen-bond acceptors (Lipinski definition) is 3. The van der Waals surface area contributed by atoms with Crippen molar-refractivity contribution in [2.75, 3.05) is 5.32 Å². The first kappa shape index (κ1) is 17.7. The highest BCUT2D eigenvalue weighted by molar-refractivity contribution is 5.96. The molecule has 0 bridgehead atoms. The average Bonchev–Trinajstić information content (AvgIpc) is 3.08. The number of anilines is 1. The maximum atomic E-state index is 14.2. The molecule has 0 spiro atoms. The fourth-order valence-corrected chi connectivity index (χ4v) is 2.72. The van der Waals surface area contributed by atoms with Crippen LogP contribution < -0.4 is 5.32 Å². The van der Waals surface area contributed by atoms with Gasteiger partial charge in [0.1, 0.15) is 0 Å². The molecule has 5 nitrogen and oxygen atoms in total. The molecule has 7 heteroatoms.